The Kier molecular flexibility index (Phi) is 8.92. The van der Waals surface area contributed by atoms with Gasteiger partial charge in [-0.1, -0.05) is 33.6 Å². The van der Waals surface area contributed by atoms with Gasteiger partial charge in [0.05, 0.1) is 11.5 Å². The van der Waals surface area contributed by atoms with Gasteiger partial charge in [0.15, 0.2) is 15.8 Å². The van der Waals surface area contributed by atoms with Crippen LogP contribution in [0.3, 0.4) is 0 Å². The van der Waals surface area contributed by atoms with Crippen LogP contribution in [-0.2, 0) is 9.84 Å². The zero-order valence-electron chi connectivity index (χ0n) is 18.0. The molecule has 2 saturated heterocycles. The van der Waals surface area contributed by atoms with Gasteiger partial charge in [-0.05, 0) is 55.8 Å². The van der Waals surface area contributed by atoms with Crippen LogP contribution in [0.4, 0.5) is 0 Å². The third kappa shape index (κ3) is 5.99. The molecule has 164 valence electrons. The zero-order chi connectivity index (χ0) is 19.5. The molecular weight excluding hydrogens is 485 g/mol. The summed E-state index contributed by atoms with van der Waals surface area (Å²) in [6.07, 6.45) is 9.58. The average Bonchev–Trinajstić information content (AvgIpc) is 3.24. The minimum atomic E-state index is -2.83. The maximum absolute atomic E-state index is 11.8. The summed E-state index contributed by atoms with van der Waals surface area (Å²) in [5.74, 6) is 2.58. The predicted octanol–water partition coefficient (Wildman–Crippen LogP) is 4.08. The fraction of sp³-hybridized carbons (Fsp3) is 0.952. The van der Waals surface area contributed by atoms with Gasteiger partial charge < -0.3 is 10.2 Å². The van der Waals surface area contributed by atoms with Gasteiger partial charge in [-0.2, -0.15) is 0 Å². The summed E-state index contributed by atoms with van der Waals surface area (Å²) in [5.41, 5.74) is 0.414. The Morgan fingerprint density at radius 3 is 2.46 bits per heavy atom. The molecule has 3 unspecified atom stereocenters. The molecule has 0 amide bonds. The Hall–Kier alpha value is -0.0500. The van der Waals surface area contributed by atoms with Gasteiger partial charge in [-0.25, -0.2) is 8.42 Å². The molecular formula is C21H40IN3O2S. The molecule has 2 heterocycles. The van der Waals surface area contributed by atoms with Gasteiger partial charge in [0, 0.05) is 25.7 Å². The van der Waals surface area contributed by atoms with Gasteiger partial charge in [0.25, 0.3) is 0 Å². The highest BCUT2D eigenvalue weighted by atomic mass is 127. The van der Waals surface area contributed by atoms with Crippen molar-refractivity contribution in [3.8, 4) is 0 Å². The first-order valence-corrected chi connectivity index (χ1v) is 12.9. The van der Waals surface area contributed by atoms with Gasteiger partial charge in [0.2, 0.25) is 0 Å². The van der Waals surface area contributed by atoms with Crippen LogP contribution in [-0.4, -0.2) is 56.5 Å². The van der Waals surface area contributed by atoms with E-state index >= 15 is 0 Å². The lowest BCUT2D eigenvalue weighted by atomic mass is 9.82. The number of aliphatic imine (C=N–C) groups is 1. The number of likely N-dealkylation sites (tertiary alicyclic amines) is 1. The topological polar surface area (TPSA) is 61.8 Å². The molecule has 0 aromatic heterocycles. The quantitative estimate of drug-likeness (QED) is 0.334. The number of guanidine groups is 1. The van der Waals surface area contributed by atoms with Crippen molar-refractivity contribution in [3.63, 3.8) is 0 Å². The van der Waals surface area contributed by atoms with Crippen LogP contribution < -0.4 is 5.32 Å². The van der Waals surface area contributed by atoms with E-state index in [2.05, 4.69) is 31.0 Å². The number of sulfone groups is 1. The Labute approximate surface area is 189 Å². The molecule has 7 heteroatoms. The van der Waals surface area contributed by atoms with Crippen molar-refractivity contribution in [1.82, 2.24) is 10.2 Å². The van der Waals surface area contributed by atoms with E-state index in [4.69, 9.17) is 4.99 Å². The van der Waals surface area contributed by atoms with E-state index in [-0.39, 0.29) is 29.9 Å². The molecule has 0 aromatic carbocycles. The largest absolute Gasteiger partial charge is 0.353 e. The van der Waals surface area contributed by atoms with Crippen LogP contribution in [0.5, 0.6) is 0 Å². The van der Waals surface area contributed by atoms with Crippen molar-refractivity contribution < 1.29 is 8.42 Å². The molecule has 0 bridgehead atoms. The highest BCUT2D eigenvalue weighted by molar-refractivity contribution is 14.0. The summed E-state index contributed by atoms with van der Waals surface area (Å²) in [7, 11) is -2.83. The molecule has 1 N–H and O–H groups in total. The van der Waals surface area contributed by atoms with Crippen LogP contribution in [0.15, 0.2) is 4.99 Å². The molecule has 0 aromatic rings. The van der Waals surface area contributed by atoms with Gasteiger partial charge in [-0.15, -0.1) is 24.0 Å². The van der Waals surface area contributed by atoms with Crippen LogP contribution >= 0.6 is 24.0 Å². The molecule has 1 saturated carbocycles. The number of nitrogens with zero attached hydrogens (tertiary/aromatic N) is 2. The predicted molar refractivity (Wildman–Crippen MR) is 128 cm³/mol. The first kappa shape index (κ1) is 24.2. The molecule has 5 nitrogen and oxygen atoms in total. The second kappa shape index (κ2) is 10.3. The van der Waals surface area contributed by atoms with Crippen LogP contribution in [0.1, 0.15) is 72.1 Å². The summed E-state index contributed by atoms with van der Waals surface area (Å²) < 4.78 is 23.6. The van der Waals surface area contributed by atoms with E-state index in [1.165, 1.54) is 44.9 Å². The maximum Gasteiger partial charge on any atom is 0.194 e. The second-order valence-corrected chi connectivity index (χ2v) is 11.6. The third-order valence-corrected chi connectivity index (χ3v) is 9.33. The van der Waals surface area contributed by atoms with E-state index in [9.17, 15) is 8.42 Å². The number of rotatable bonds is 5. The molecule has 3 rings (SSSR count). The zero-order valence-corrected chi connectivity index (χ0v) is 21.1. The summed E-state index contributed by atoms with van der Waals surface area (Å²) in [5, 5.41) is 3.80. The van der Waals surface area contributed by atoms with Crippen molar-refractivity contribution >= 4 is 39.8 Å². The minimum absolute atomic E-state index is 0. The standard InChI is InChI=1S/C21H39N3O2S.HI/c1-4-21(5-2)11-12-24(16-21)20(23-19-9-7-6-8-17(19)3)22-14-18-10-13-27(25,26)15-18;/h17-19H,4-16H2,1-3H3,(H,22,23);1H. The van der Waals surface area contributed by atoms with E-state index in [1.807, 2.05) is 0 Å². The summed E-state index contributed by atoms with van der Waals surface area (Å²) in [6, 6.07) is 0.503. The number of nitrogens with one attached hydrogen (secondary N) is 1. The number of hydrogen-bond acceptors (Lipinski definition) is 3. The van der Waals surface area contributed by atoms with Gasteiger partial charge in [0.1, 0.15) is 0 Å². The SMILES string of the molecule is CCC1(CC)CCN(C(=NCC2CCS(=O)(=O)C2)NC2CCCCC2C)C1.I. The Morgan fingerprint density at radius 2 is 1.89 bits per heavy atom. The molecule has 1 aliphatic carbocycles. The Morgan fingerprint density at radius 1 is 1.18 bits per heavy atom. The normalized spacial score (nSPS) is 32.2. The van der Waals surface area contributed by atoms with Crippen LogP contribution in [0.2, 0.25) is 0 Å². The lowest BCUT2D eigenvalue weighted by Gasteiger charge is -2.34. The molecule has 3 fully saturated rings. The average molecular weight is 526 g/mol. The molecule has 3 atom stereocenters. The summed E-state index contributed by atoms with van der Waals surface area (Å²) >= 11 is 0. The van der Waals surface area contributed by atoms with Crippen LogP contribution in [0, 0.1) is 17.3 Å². The van der Waals surface area contributed by atoms with E-state index in [1.54, 1.807) is 0 Å². The van der Waals surface area contributed by atoms with Gasteiger partial charge in [-0.3, -0.25) is 4.99 Å². The van der Waals surface area contributed by atoms with Gasteiger partial charge >= 0.3 is 0 Å². The highest BCUT2D eigenvalue weighted by Crippen LogP contribution is 2.37. The Bertz CT molecular complexity index is 634. The fourth-order valence-corrected chi connectivity index (χ4v) is 6.96. The molecule has 3 aliphatic rings. The van der Waals surface area contributed by atoms with Crippen molar-refractivity contribution in [2.24, 2.45) is 22.2 Å². The first-order chi connectivity index (χ1) is 12.9. The smallest absolute Gasteiger partial charge is 0.194 e. The highest BCUT2D eigenvalue weighted by Gasteiger charge is 2.37. The van der Waals surface area contributed by atoms with Crippen molar-refractivity contribution in [1.29, 1.82) is 0 Å². The molecule has 2 aliphatic heterocycles. The van der Waals surface area contributed by atoms with Crippen molar-refractivity contribution in [2.45, 2.75) is 78.2 Å². The molecule has 0 spiro atoms. The number of halogens is 1. The van der Waals surface area contributed by atoms with E-state index < -0.39 is 9.84 Å². The summed E-state index contributed by atoms with van der Waals surface area (Å²) in [4.78, 5) is 7.44. The maximum atomic E-state index is 11.8. The lowest BCUT2D eigenvalue weighted by molar-refractivity contribution is 0.267. The second-order valence-electron chi connectivity index (χ2n) is 9.32. The fourth-order valence-electron chi connectivity index (χ4n) is 5.11. The Balaban J connectivity index is 0.00000280. The van der Waals surface area contributed by atoms with Crippen molar-refractivity contribution in [3.05, 3.63) is 0 Å². The van der Waals surface area contributed by atoms with E-state index in [0.29, 0.717) is 35.4 Å². The van der Waals surface area contributed by atoms with Crippen molar-refractivity contribution in [2.75, 3.05) is 31.1 Å². The molecule has 28 heavy (non-hydrogen) atoms. The molecule has 0 radical (unpaired) electrons. The lowest BCUT2D eigenvalue weighted by Crippen LogP contribution is -2.49. The number of hydrogen-bond donors (Lipinski definition) is 1. The monoisotopic (exact) mass is 525 g/mol. The summed E-state index contributed by atoms with van der Waals surface area (Å²) in [6.45, 7) is 9.76. The van der Waals surface area contributed by atoms with Crippen LogP contribution in [0.25, 0.3) is 0 Å². The third-order valence-electron chi connectivity index (χ3n) is 7.49. The minimum Gasteiger partial charge on any atom is -0.353 e. The first-order valence-electron chi connectivity index (χ1n) is 11.1. The van der Waals surface area contributed by atoms with E-state index in [0.717, 1.165) is 25.5 Å².